The Hall–Kier alpha value is -2.04. The van der Waals surface area contributed by atoms with Gasteiger partial charge in [0.1, 0.15) is 11.4 Å². The molecule has 1 N–H and O–H groups in total. The van der Waals surface area contributed by atoms with Crippen LogP contribution in [0.25, 0.3) is 5.70 Å². The number of rotatable bonds is 2. The Balaban J connectivity index is 1.90. The van der Waals surface area contributed by atoms with E-state index >= 15 is 0 Å². The van der Waals surface area contributed by atoms with Crippen molar-refractivity contribution in [2.75, 3.05) is 18.9 Å². The lowest BCUT2D eigenvalue weighted by Gasteiger charge is -2.34. The zero-order valence-corrected chi connectivity index (χ0v) is 14.3. The largest absolute Gasteiger partial charge is 0.443 e. The van der Waals surface area contributed by atoms with Crippen molar-refractivity contribution >= 4 is 17.6 Å². The van der Waals surface area contributed by atoms with E-state index in [2.05, 4.69) is 16.4 Å². The van der Waals surface area contributed by atoms with E-state index in [1.165, 1.54) is 12.8 Å². The summed E-state index contributed by atoms with van der Waals surface area (Å²) in [6.07, 6.45) is 7.21. The number of aromatic nitrogens is 1. The molecule has 1 fully saturated rings. The minimum absolute atomic E-state index is 0.281. The van der Waals surface area contributed by atoms with E-state index in [-0.39, 0.29) is 11.5 Å². The highest BCUT2D eigenvalue weighted by atomic mass is 16.6. The molecule has 0 bridgehead atoms. The molecule has 1 aliphatic carbocycles. The highest BCUT2D eigenvalue weighted by Gasteiger charge is 2.45. The van der Waals surface area contributed by atoms with Crippen LogP contribution in [0.3, 0.4) is 0 Å². The van der Waals surface area contributed by atoms with Crippen molar-refractivity contribution in [2.24, 2.45) is 5.41 Å². The van der Waals surface area contributed by atoms with Crippen molar-refractivity contribution < 1.29 is 9.53 Å². The summed E-state index contributed by atoms with van der Waals surface area (Å²) in [6, 6.07) is 3.93. The van der Waals surface area contributed by atoms with E-state index in [1.54, 1.807) is 4.90 Å². The predicted octanol–water partition coefficient (Wildman–Crippen LogP) is 3.89. The summed E-state index contributed by atoms with van der Waals surface area (Å²) >= 11 is 0. The normalized spacial score (nSPS) is 19.3. The van der Waals surface area contributed by atoms with Crippen molar-refractivity contribution in [2.45, 2.75) is 45.6 Å². The Morgan fingerprint density at radius 1 is 1.30 bits per heavy atom. The maximum Gasteiger partial charge on any atom is 0.414 e. The van der Waals surface area contributed by atoms with Gasteiger partial charge in [0.2, 0.25) is 0 Å². The molecule has 0 radical (unpaired) electrons. The van der Waals surface area contributed by atoms with Crippen molar-refractivity contribution in [1.29, 1.82) is 0 Å². The first-order chi connectivity index (χ1) is 10.8. The molecule has 0 aromatic carbocycles. The number of carbonyl (C=O) groups excluding carboxylic acids is 1. The fourth-order valence-corrected chi connectivity index (χ4v) is 2.89. The van der Waals surface area contributed by atoms with Gasteiger partial charge in [-0.05, 0) is 57.6 Å². The lowest BCUT2D eigenvalue weighted by atomic mass is 9.94. The molecule has 23 heavy (non-hydrogen) atoms. The Bertz CT molecular complexity index is 625. The monoisotopic (exact) mass is 315 g/mol. The average Bonchev–Trinajstić information content (AvgIpc) is 3.24. The smallest absolute Gasteiger partial charge is 0.414 e. The molecule has 0 atom stereocenters. The van der Waals surface area contributed by atoms with Crippen molar-refractivity contribution in [1.82, 2.24) is 9.88 Å². The van der Waals surface area contributed by atoms with Gasteiger partial charge in [-0.3, -0.25) is 4.90 Å². The van der Waals surface area contributed by atoms with Gasteiger partial charge in [0.05, 0.1) is 5.70 Å². The quantitative estimate of drug-likeness (QED) is 0.899. The fraction of sp³-hybridized carbons (Fsp3) is 0.556. The van der Waals surface area contributed by atoms with Gasteiger partial charge in [0, 0.05) is 25.4 Å². The Kier molecular flexibility index (Phi) is 3.82. The molecule has 5 heteroatoms. The molecule has 0 unspecified atom stereocenters. The average molecular weight is 315 g/mol. The van der Waals surface area contributed by atoms with Crippen LogP contribution in [0.1, 0.15) is 45.6 Å². The number of nitrogens with one attached hydrogen (secondary N) is 1. The molecular weight excluding hydrogens is 290 g/mol. The van der Waals surface area contributed by atoms with E-state index in [9.17, 15) is 4.79 Å². The van der Waals surface area contributed by atoms with E-state index in [0.29, 0.717) is 6.54 Å². The summed E-state index contributed by atoms with van der Waals surface area (Å²) in [6.45, 7) is 6.38. The molecule has 1 saturated carbocycles. The van der Waals surface area contributed by atoms with Gasteiger partial charge < -0.3 is 10.1 Å². The molecule has 124 valence electrons. The standard InChI is InChI=1S/C18H25N3O2/c1-17(2,3)23-16(22)21-10-9-18(7-8-18)11-14(21)13-5-6-15(19-4)20-12-13/h5-6,11-12H,7-10H2,1-4H3,(H,19,20). The molecule has 2 aliphatic rings. The summed E-state index contributed by atoms with van der Waals surface area (Å²) < 4.78 is 5.58. The fourth-order valence-electron chi connectivity index (χ4n) is 2.89. The topological polar surface area (TPSA) is 54.5 Å². The summed E-state index contributed by atoms with van der Waals surface area (Å²) in [5, 5.41) is 3.01. The summed E-state index contributed by atoms with van der Waals surface area (Å²) in [5.41, 5.74) is 1.68. The minimum atomic E-state index is -0.495. The number of hydrogen-bond donors (Lipinski definition) is 1. The molecule has 1 aromatic heterocycles. The third-order valence-electron chi connectivity index (χ3n) is 4.39. The number of pyridine rings is 1. The van der Waals surface area contributed by atoms with Crippen molar-refractivity contribution in [3.05, 3.63) is 30.0 Å². The summed E-state index contributed by atoms with van der Waals surface area (Å²) in [4.78, 5) is 18.7. The number of anilines is 1. The number of allylic oxidation sites excluding steroid dienone is 1. The van der Waals surface area contributed by atoms with Crippen LogP contribution in [0, 0.1) is 5.41 Å². The zero-order valence-electron chi connectivity index (χ0n) is 14.3. The van der Waals surface area contributed by atoms with Crippen LogP contribution >= 0.6 is 0 Å². The molecule has 1 spiro atoms. The molecule has 3 rings (SSSR count). The first-order valence-electron chi connectivity index (χ1n) is 8.19. The first kappa shape index (κ1) is 15.8. The number of hydrogen-bond acceptors (Lipinski definition) is 4. The van der Waals surface area contributed by atoms with Gasteiger partial charge >= 0.3 is 6.09 Å². The van der Waals surface area contributed by atoms with Crippen molar-refractivity contribution in [3.8, 4) is 0 Å². The van der Waals surface area contributed by atoms with Crippen LogP contribution < -0.4 is 5.32 Å². The lowest BCUT2D eigenvalue weighted by Crippen LogP contribution is -2.39. The molecule has 2 heterocycles. The van der Waals surface area contributed by atoms with Crippen LogP contribution in [-0.4, -0.2) is 35.2 Å². The van der Waals surface area contributed by atoms with E-state index in [4.69, 9.17) is 4.74 Å². The van der Waals surface area contributed by atoms with Crippen molar-refractivity contribution in [3.63, 3.8) is 0 Å². The van der Waals surface area contributed by atoms with E-state index < -0.39 is 5.60 Å². The van der Waals surface area contributed by atoms with Gasteiger partial charge in [0.15, 0.2) is 0 Å². The third-order valence-corrected chi connectivity index (χ3v) is 4.39. The SMILES string of the molecule is CNc1ccc(C2=CC3(CCN2C(=O)OC(C)(C)C)CC3)cn1. The third kappa shape index (κ3) is 3.49. The van der Waals surface area contributed by atoms with Crippen LogP contribution in [0.2, 0.25) is 0 Å². The van der Waals surface area contributed by atoms with E-state index in [1.807, 2.05) is 46.1 Å². The second-order valence-electron chi connectivity index (χ2n) is 7.46. The lowest BCUT2D eigenvalue weighted by molar-refractivity contribution is 0.0338. The number of nitrogens with zero attached hydrogens (tertiary/aromatic N) is 2. The molecular formula is C18H25N3O2. The van der Waals surface area contributed by atoms with Crippen LogP contribution in [0.15, 0.2) is 24.4 Å². The van der Waals surface area contributed by atoms with Gasteiger partial charge in [-0.15, -0.1) is 0 Å². The van der Waals surface area contributed by atoms with Gasteiger partial charge in [-0.1, -0.05) is 6.08 Å². The molecule has 1 aliphatic heterocycles. The Labute approximate surface area is 137 Å². The van der Waals surface area contributed by atoms with Gasteiger partial charge in [-0.25, -0.2) is 9.78 Å². The highest BCUT2D eigenvalue weighted by Crippen LogP contribution is 2.54. The number of ether oxygens (including phenoxy) is 1. The van der Waals surface area contributed by atoms with Crippen LogP contribution in [-0.2, 0) is 4.74 Å². The second-order valence-corrected chi connectivity index (χ2v) is 7.46. The predicted molar refractivity (Wildman–Crippen MR) is 91.0 cm³/mol. The molecule has 1 amide bonds. The maximum atomic E-state index is 12.6. The summed E-state index contributed by atoms with van der Waals surface area (Å²) in [7, 11) is 1.84. The number of carbonyl (C=O) groups is 1. The molecule has 0 saturated heterocycles. The van der Waals surface area contributed by atoms with Crippen LogP contribution in [0.5, 0.6) is 0 Å². The molecule has 5 nitrogen and oxygen atoms in total. The zero-order chi connectivity index (χ0) is 16.7. The maximum absolute atomic E-state index is 12.6. The minimum Gasteiger partial charge on any atom is -0.443 e. The number of amides is 1. The molecule has 1 aromatic rings. The summed E-state index contributed by atoms with van der Waals surface area (Å²) in [5.74, 6) is 0.815. The second kappa shape index (κ2) is 5.55. The Morgan fingerprint density at radius 2 is 2.04 bits per heavy atom. The van der Waals surface area contributed by atoms with Gasteiger partial charge in [-0.2, -0.15) is 0 Å². The Morgan fingerprint density at radius 3 is 2.57 bits per heavy atom. The highest BCUT2D eigenvalue weighted by molar-refractivity contribution is 5.83. The van der Waals surface area contributed by atoms with Gasteiger partial charge in [0.25, 0.3) is 0 Å². The van der Waals surface area contributed by atoms with E-state index in [0.717, 1.165) is 23.5 Å². The van der Waals surface area contributed by atoms with Crippen LogP contribution in [0.4, 0.5) is 10.6 Å². The first-order valence-corrected chi connectivity index (χ1v) is 8.19.